The SMILES string of the molecule is CC1C=Cc2oc3cccc(-c4cccc5oc6ccccc6c45)c3c2C1c1nc(-c2ccccc2)nc(-c2ccc3sc4ccccc4c3c2)n1. The van der Waals surface area contributed by atoms with E-state index in [2.05, 4.69) is 116 Å². The number of furan rings is 2. The second-order valence-electron chi connectivity index (χ2n) is 13.5. The molecule has 4 heterocycles. The lowest BCUT2D eigenvalue weighted by Crippen LogP contribution is -2.18. The maximum absolute atomic E-state index is 6.66. The van der Waals surface area contributed by atoms with Crippen molar-refractivity contribution in [3.63, 3.8) is 0 Å². The zero-order valence-corrected chi connectivity index (χ0v) is 28.9. The Balaban J connectivity index is 1.16. The molecule has 0 amide bonds. The number of rotatable bonds is 4. The molecule has 1 aliphatic carbocycles. The van der Waals surface area contributed by atoms with Crippen LogP contribution in [0, 0.1) is 5.92 Å². The normalized spacial score (nSPS) is 15.7. The molecule has 0 radical (unpaired) electrons. The van der Waals surface area contributed by atoms with Gasteiger partial charge in [0, 0.05) is 53.0 Å². The van der Waals surface area contributed by atoms with Gasteiger partial charge in [0.2, 0.25) is 0 Å². The first-order valence-corrected chi connectivity index (χ1v) is 18.4. The van der Waals surface area contributed by atoms with Gasteiger partial charge >= 0.3 is 0 Å². The van der Waals surface area contributed by atoms with Crippen molar-refractivity contribution in [3.8, 4) is 33.9 Å². The van der Waals surface area contributed by atoms with Crippen LogP contribution in [-0.2, 0) is 0 Å². The molecule has 52 heavy (non-hydrogen) atoms. The minimum atomic E-state index is -0.183. The summed E-state index contributed by atoms with van der Waals surface area (Å²) in [6.45, 7) is 2.24. The molecule has 5 nitrogen and oxygen atoms in total. The highest BCUT2D eigenvalue weighted by molar-refractivity contribution is 7.25. The molecule has 0 saturated heterocycles. The third-order valence-electron chi connectivity index (χ3n) is 10.5. The Morgan fingerprint density at radius 2 is 1.21 bits per heavy atom. The van der Waals surface area contributed by atoms with Gasteiger partial charge in [-0.3, -0.25) is 0 Å². The number of nitrogens with zero attached hydrogens (tertiary/aromatic N) is 3. The molecule has 2 unspecified atom stereocenters. The van der Waals surface area contributed by atoms with E-state index in [9.17, 15) is 0 Å². The minimum absolute atomic E-state index is 0.0917. The summed E-state index contributed by atoms with van der Waals surface area (Å²) in [5, 5.41) is 5.73. The van der Waals surface area contributed by atoms with E-state index in [1.807, 2.05) is 47.7 Å². The number of fused-ring (bicyclic) bond motifs is 9. The molecule has 10 aromatic rings. The molecule has 0 bridgehead atoms. The van der Waals surface area contributed by atoms with Gasteiger partial charge in [0.05, 0.1) is 5.92 Å². The molecule has 6 heteroatoms. The number of allylic oxidation sites excluding steroid dienone is 1. The van der Waals surface area contributed by atoms with Gasteiger partial charge in [0.1, 0.15) is 28.3 Å². The number of hydrogen-bond acceptors (Lipinski definition) is 6. The second-order valence-corrected chi connectivity index (χ2v) is 14.6. The van der Waals surface area contributed by atoms with Crippen molar-refractivity contribution < 1.29 is 8.83 Å². The molecule has 2 atom stereocenters. The first-order valence-electron chi connectivity index (χ1n) is 17.6. The smallest absolute Gasteiger partial charge is 0.163 e. The number of hydrogen-bond donors (Lipinski definition) is 0. The summed E-state index contributed by atoms with van der Waals surface area (Å²) in [6.07, 6.45) is 4.33. The van der Waals surface area contributed by atoms with Crippen molar-refractivity contribution in [2.75, 3.05) is 0 Å². The summed E-state index contributed by atoms with van der Waals surface area (Å²) >= 11 is 1.81. The highest BCUT2D eigenvalue weighted by Gasteiger charge is 2.34. The van der Waals surface area contributed by atoms with Gasteiger partial charge in [-0.1, -0.05) is 104 Å². The first kappa shape index (κ1) is 29.4. The second kappa shape index (κ2) is 11.3. The molecule has 0 fully saturated rings. The Kier molecular flexibility index (Phi) is 6.39. The lowest BCUT2D eigenvalue weighted by atomic mass is 9.79. The number of thiophene rings is 1. The van der Waals surface area contributed by atoms with Gasteiger partial charge in [-0.2, -0.15) is 0 Å². The molecule has 6 aromatic carbocycles. The van der Waals surface area contributed by atoms with E-state index in [1.54, 1.807) is 0 Å². The van der Waals surface area contributed by atoms with Crippen molar-refractivity contribution >= 4 is 70.5 Å². The summed E-state index contributed by atoms with van der Waals surface area (Å²) in [7, 11) is 0. The van der Waals surface area contributed by atoms with Crippen molar-refractivity contribution in [3.05, 3.63) is 157 Å². The molecule has 0 aliphatic heterocycles. The van der Waals surface area contributed by atoms with Crippen molar-refractivity contribution in [2.24, 2.45) is 5.92 Å². The maximum atomic E-state index is 6.66. The maximum Gasteiger partial charge on any atom is 0.163 e. The molecule has 1 aliphatic rings. The molecule has 4 aromatic heterocycles. The minimum Gasteiger partial charge on any atom is -0.456 e. The summed E-state index contributed by atoms with van der Waals surface area (Å²) < 4.78 is 15.5. The van der Waals surface area contributed by atoms with Gasteiger partial charge in [-0.15, -0.1) is 11.3 Å². The first-order chi connectivity index (χ1) is 25.7. The fraction of sp³-hybridized carbons (Fsp3) is 0.0652. The molecule has 0 spiro atoms. The largest absolute Gasteiger partial charge is 0.456 e. The lowest BCUT2D eigenvalue weighted by Gasteiger charge is -2.25. The van der Waals surface area contributed by atoms with Crippen LogP contribution in [-0.4, -0.2) is 15.0 Å². The zero-order chi connectivity index (χ0) is 34.3. The van der Waals surface area contributed by atoms with Crippen LogP contribution in [0.25, 0.3) is 93.1 Å². The van der Waals surface area contributed by atoms with E-state index in [1.165, 1.54) is 20.2 Å². The molecule has 0 saturated carbocycles. The molecular weight excluding hydrogens is 659 g/mol. The van der Waals surface area contributed by atoms with E-state index in [-0.39, 0.29) is 11.8 Å². The van der Waals surface area contributed by atoms with Crippen molar-refractivity contribution in [1.82, 2.24) is 15.0 Å². The van der Waals surface area contributed by atoms with E-state index in [4.69, 9.17) is 23.8 Å². The van der Waals surface area contributed by atoms with E-state index >= 15 is 0 Å². The van der Waals surface area contributed by atoms with E-state index < -0.39 is 0 Å². The molecule has 11 rings (SSSR count). The number of aromatic nitrogens is 3. The zero-order valence-electron chi connectivity index (χ0n) is 28.1. The van der Waals surface area contributed by atoms with Gasteiger partial charge in [0.25, 0.3) is 0 Å². The van der Waals surface area contributed by atoms with E-state index in [0.717, 1.165) is 72.3 Å². The fourth-order valence-electron chi connectivity index (χ4n) is 8.07. The highest BCUT2D eigenvalue weighted by Crippen LogP contribution is 2.48. The van der Waals surface area contributed by atoms with Crippen LogP contribution in [0.5, 0.6) is 0 Å². The molecule has 0 N–H and O–H groups in total. The number of benzene rings is 6. The summed E-state index contributed by atoms with van der Waals surface area (Å²) in [5.41, 5.74) is 7.79. The quantitative estimate of drug-likeness (QED) is 0.184. The van der Waals surface area contributed by atoms with Gasteiger partial charge in [-0.25, -0.2) is 15.0 Å². The van der Waals surface area contributed by atoms with Crippen LogP contribution < -0.4 is 0 Å². The topological polar surface area (TPSA) is 65.0 Å². The average molecular weight is 688 g/mol. The summed E-state index contributed by atoms with van der Waals surface area (Å²) in [5.74, 6) is 2.78. The molecule has 246 valence electrons. The number of para-hydroxylation sites is 1. The van der Waals surface area contributed by atoms with E-state index in [0.29, 0.717) is 11.6 Å². The Bertz CT molecular complexity index is 3060. The predicted molar refractivity (Wildman–Crippen MR) is 213 cm³/mol. The Labute approximate surface area is 302 Å². The monoisotopic (exact) mass is 687 g/mol. The van der Waals surface area contributed by atoms with Crippen LogP contribution in [0.3, 0.4) is 0 Å². The Hall–Kier alpha value is -6.37. The lowest BCUT2D eigenvalue weighted by molar-refractivity contribution is 0.545. The summed E-state index contributed by atoms with van der Waals surface area (Å²) in [6, 6.07) is 46.3. The van der Waals surface area contributed by atoms with Crippen LogP contribution in [0.1, 0.15) is 30.0 Å². The highest BCUT2D eigenvalue weighted by atomic mass is 32.1. The fourth-order valence-corrected chi connectivity index (χ4v) is 9.15. The standard InChI is InChI=1S/C46H29N3O2S/c1-26-21-23-37-43(42-31(16-10-19-36(42)51-37)30-15-9-18-35-41(30)32-14-5-7-17-34(32)50-35)40(26)46-48-44(27-11-3-2-4-12-27)47-45(49-46)28-22-24-39-33(25-28)29-13-6-8-20-38(29)52-39/h2-26,40H,1H3. The van der Waals surface area contributed by atoms with Crippen molar-refractivity contribution in [1.29, 1.82) is 0 Å². The van der Waals surface area contributed by atoms with Gasteiger partial charge in [-0.05, 0) is 65.6 Å². The van der Waals surface area contributed by atoms with Crippen LogP contribution in [0.4, 0.5) is 0 Å². The van der Waals surface area contributed by atoms with Gasteiger partial charge < -0.3 is 8.83 Å². The van der Waals surface area contributed by atoms with Crippen LogP contribution >= 0.6 is 11.3 Å². The van der Waals surface area contributed by atoms with Crippen LogP contribution in [0.2, 0.25) is 0 Å². The Morgan fingerprint density at radius 1 is 0.538 bits per heavy atom. The summed E-state index contributed by atoms with van der Waals surface area (Å²) in [4.78, 5) is 15.7. The third kappa shape index (κ3) is 4.44. The van der Waals surface area contributed by atoms with Gasteiger partial charge in [0.15, 0.2) is 11.6 Å². The predicted octanol–water partition coefficient (Wildman–Crippen LogP) is 12.7. The Morgan fingerprint density at radius 3 is 2.06 bits per heavy atom. The van der Waals surface area contributed by atoms with Crippen molar-refractivity contribution in [2.45, 2.75) is 12.8 Å². The average Bonchev–Trinajstić information content (AvgIpc) is 3.89. The molecular formula is C46H29N3O2S. The van der Waals surface area contributed by atoms with Crippen LogP contribution in [0.15, 0.2) is 148 Å². The third-order valence-corrected chi connectivity index (χ3v) is 11.6.